The van der Waals surface area contributed by atoms with E-state index in [1.165, 1.54) is 0 Å². The van der Waals surface area contributed by atoms with E-state index in [-0.39, 0.29) is 18.3 Å². The number of carbonyl (C=O) groups excluding carboxylic acids is 1. The quantitative estimate of drug-likeness (QED) is 0.418. The minimum Gasteiger partial charge on any atom is -0.508 e. The van der Waals surface area contributed by atoms with Gasteiger partial charge in [0, 0.05) is 10.6 Å². The maximum atomic E-state index is 13.0. The Bertz CT molecular complexity index is 1120. The first-order valence-corrected chi connectivity index (χ1v) is 11.1. The lowest BCUT2D eigenvalue weighted by Crippen LogP contribution is -2.39. The molecule has 2 aromatic carbocycles. The third kappa shape index (κ3) is 5.21. The van der Waals surface area contributed by atoms with Crippen LogP contribution in [0.5, 0.6) is 5.75 Å². The summed E-state index contributed by atoms with van der Waals surface area (Å²) in [6, 6.07) is 14.0. The number of aromatic hydroxyl groups is 1. The van der Waals surface area contributed by atoms with Gasteiger partial charge >= 0.3 is 0 Å². The van der Waals surface area contributed by atoms with E-state index in [9.17, 15) is 15.0 Å². The summed E-state index contributed by atoms with van der Waals surface area (Å²) < 4.78 is 0. The van der Waals surface area contributed by atoms with Crippen molar-refractivity contribution in [3.05, 3.63) is 81.6 Å². The van der Waals surface area contributed by atoms with Gasteiger partial charge in [0.25, 0.3) is 5.91 Å². The third-order valence-corrected chi connectivity index (χ3v) is 5.92. The first-order valence-electron chi connectivity index (χ1n) is 10.8. The lowest BCUT2D eigenvalue weighted by molar-refractivity contribution is 0.0910. The second kappa shape index (κ2) is 10.0. The fraction of sp³-hybridized carbons (Fsp3) is 0.280. The number of aliphatic hydroxyl groups is 1. The minimum absolute atomic E-state index is 0.181. The summed E-state index contributed by atoms with van der Waals surface area (Å²) in [5.41, 5.74) is 5.18. The van der Waals surface area contributed by atoms with Crippen LogP contribution >= 0.6 is 11.6 Å². The van der Waals surface area contributed by atoms with Crippen molar-refractivity contribution in [3.63, 3.8) is 0 Å². The number of nitrogens with zero attached hydrogens (tertiary/aromatic N) is 1. The van der Waals surface area contributed by atoms with Crippen LogP contribution in [0, 0.1) is 0 Å². The van der Waals surface area contributed by atoms with Gasteiger partial charge in [-0.1, -0.05) is 35.9 Å². The number of fused-ring (bicyclic) bond motifs is 1. The number of aromatic nitrogens is 2. The number of aliphatic hydroxyl groups excluding tert-OH is 1. The van der Waals surface area contributed by atoms with Crippen LogP contribution in [0.25, 0.3) is 11.6 Å². The zero-order chi connectivity index (χ0) is 22.5. The molecule has 1 aromatic heterocycles. The molecule has 4 N–H and O–H groups in total. The van der Waals surface area contributed by atoms with Crippen LogP contribution in [0.2, 0.25) is 5.02 Å². The van der Waals surface area contributed by atoms with Gasteiger partial charge in [-0.05, 0) is 79.1 Å². The van der Waals surface area contributed by atoms with Crippen LogP contribution in [0.15, 0.2) is 48.5 Å². The lowest BCUT2D eigenvalue weighted by Gasteiger charge is -2.16. The van der Waals surface area contributed by atoms with Gasteiger partial charge in [0.2, 0.25) is 0 Å². The Morgan fingerprint density at radius 2 is 1.97 bits per heavy atom. The van der Waals surface area contributed by atoms with E-state index in [4.69, 9.17) is 11.6 Å². The Kier molecular flexibility index (Phi) is 6.93. The SMILES string of the molecule is O=C(N[C@H](CO)Cc1ccc(O)cc1)c1[nH]nc2c1CCCC/C2=C\c1cccc(Cl)c1. The van der Waals surface area contributed by atoms with Crippen molar-refractivity contribution in [2.24, 2.45) is 0 Å². The van der Waals surface area contributed by atoms with Crippen molar-refractivity contribution >= 4 is 29.2 Å². The topological polar surface area (TPSA) is 98.2 Å². The molecule has 1 atom stereocenters. The molecule has 0 radical (unpaired) electrons. The average molecular weight is 452 g/mol. The second-order valence-electron chi connectivity index (χ2n) is 8.08. The molecule has 1 amide bonds. The molecule has 3 aromatic rings. The van der Waals surface area contributed by atoms with Crippen LogP contribution in [-0.4, -0.2) is 39.0 Å². The number of allylic oxidation sites excluding steroid dienone is 1. The van der Waals surface area contributed by atoms with Crippen LogP contribution in [0.4, 0.5) is 0 Å². The molecule has 1 aliphatic carbocycles. The number of phenolic OH excluding ortho intramolecular Hbond substituents is 1. The van der Waals surface area contributed by atoms with E-state index in [0.29, 0.717) is 17.1 Å². The molecule has 0 fully saturated rings. The number of nitrogens with one attached hydrogen (secondary N) is 2. The molecule has 0 saturated carbocycles. The molecular formula is C25H26ClN3O3. The second-order valence-corrected chi connectivity index (χ2v) is 8.52. The maximum Gasteiger partial charge on any atom is 0.269 e. The van der Waals surface area contributed by atoms with Crippen LogP contribution in [-0.2, 0) is 12.8 Å². The molecule has 1 aliphatic rings. The summed E-state index contributed by atoms with van der Waals surface area (Å²) in [7, 11) is 0. The van der Waals surface area contributed by atoms with Crippen molar-refractivity contribution in [2.45, 2.75) is 38.1 Å². The molecule has 6 nitrogen and oxygen atoms in total. The normalized spacial score (nSPS) is 15.8. The fourth-order valence-electron chi connectivity index (χ4n) is 4.07. The Hall–Kier alpha value is -3.09. The highest BCUT2D eigenvalue weighted by Crippen LogP contribution is 2.32. The average Bonchev–Trinajstić information content (AvgIpc) is 3.11. The molecule has 0 saturated heterocycles. The van der Waals surface area contributed by atoms with Crippen molar-refractivity contribution in [1.29, 1.82) is 0 Å². The highest BCUT2D eigenvalue weighted by molar-refractivity contribution is 6.30. The summed E-state index contributed by atoms with van der Waals surface area (Å²) >= 11 is 6.13. The van der Waals surface area contributed by atoms with Crippen LogP contribution < -0.4 is 5.32 Å². The summed E-state index contributed by atoms with van der Waals surface area (Å²) in [6.07, 6.45) is 6.17. The lowest BCUT2D eigenvalue weighted by atomic mass is 10.0. The number of phenols is 1. The Morgan fingerprint density at radius 3 is 2.72 bits per heavy atom. The van der Waals surface area contributed by atoms with E-state index in [1.54, 1.807) is 24.3 Å². The van der Waals surface area contributed by atoms with Gasteiger partial charge in [0.1, 0.15) is 11.4 Å². The predicted molar refractivity (Wildman–Crippen MR) is 126 cm³/mol. The number of H-pyrrole nitrogens is 1. The highest BCUT2D eigenvalue weighted by atomic mass is 35.5. The van der Waals surface area contributed by atoms with Crippen molar-refractivity contribution < 1.29 is 15.0 Å². The fourth-order valence-corrected chi connectivity index (χ4v) is 4.27. The monoisotopic (exact) mass is 451 g/mol. The third-order valence-electron chi connectivity index (χ3n) is 5.68. The zero-order valence-corrected chi connectivity index (χ0v) is 18.4. The van der Waals surface area contributed by atoms with Gasteiger partial charge in [0.15, 0.2) is 0 Å². The molecule has 7 heteroatoms. The van der Waals surface area contributed by atoms with E-state index in [1.807, 2.05) is 24.3 Å². The van der Waals surface area contributed by atoms with Crippen molar-refractivity contribution in [3.8, 4) is 5.75 Å². The molecule has 4 rings (SSSR count). The first-order chi connectivity index (χ1) is 15.5. The zero-order valence-electron chi connectivity index (χ0n) is 17.6. The first kappa shape index (κ1) is 22.1. The Labute approximate surface area is 191 Å². The highest BCUT2D eigenvalue weighted by Gasteiger charge is 2.24. The molecule has 0 unspecified atom stereocenters. The molecule has 0 aliphatic heterocycles. The number of carbonyl (C=O) groups is 1. The number of hydrogen-bond donors (Lipinski definition) is 4. The van der Waals surface area contributed by atoms with E-state index < -0.39 is 6.04 Å². The number of rotatable bonds is 6. The number of benzene rings is 2. The maximum absolute atomic E-state index is 13.0. The van der Waals surface area contributed by atoms with Gasteiger partial charge in [-0.3, -0.25) is 9.89 Å². The van der Waals surface area contributed by atoms with E-state index in [0.717, 1.165) is 53.6 Å². The molecular weight excluding hydrogens is 426 g/mol. The van der Waals surface area contributed by atoms with Crippen molar-refractivity contribution in [2.75, 3.05) is 6.61 Å². The van der Waals surface area contributed by atoms with Crippen molar-refractivity contribution in [1.82, 2.24) is 15.5 Å². The largest absolute Gasteiger partial charge is 0.508 e. The number of hydrogen-bond acceptors (Lipinski definition) is 4. The Morgan fingerprint density at radius 1 is 1.19 bits per heavy atom. The number of aromatic amines is 1. The van der Waals surface area contributed by atoms with E-state index in [2.05, 4.69) is 21.6 Å². The molecule has 0 spiro atoms. The Balaban J connectivity index is 1.55. The standard InChI is InChI=1S/C25H26ClN3O3/c26-19-6-3-4-17(13-19)12-18-5-1-2-7-22-23(18)28-29-24(22)25(32)27-20(15-30)14-16-8-10-21(31)11-9-16/h3-4,6,8-13,20,30-31H,1-2,5,7,14-15H2,(H,27,32)(H,28,29)/b18-12+/t20-/m0/s1. The van der Waals surface area contributed by atoms with Crippen LogP contribution in [0.3, 0.4) is 0 Å². The van der Waals surface area contributed by atoms with Gasteiger partial charge in [-0.2, -0.15) is 5.10 Å². The summed E-state index contributed by atoms with van der Waals surface area (Å²) in [5.74, 6) is -0.0966. The smallest absolute Gasteiger partial charge is 0.269 e. The summed E-state index contributed by atoms with van der Waals surface area (Å²) in [6.45, 7) is -0.192. The molecule has 32 heavy (non-hydrogen) atoms. The summed E-state index contributed by atoms with van der Waals surface area (Å²) in [5, 5.41) is 30.2. The minimum atomic E-state index is -0.446. The predicted octanol–water partition coefficient (Wildman–Crippen LogP) is 4.37. The molecule has 0 bridgehead atoms. The number of amides is 1. The molecule has 1 heterocycles. The van der Waals surface area contributed by atoms with Gasteiger partial charge in [-0.15, -0.1) is 0 Å². The van der Waals surface area contributed by atoms with E-state index >= 15 is 0 Å². The number of halogens is 1. The van der Waals surface area contributed by atoms with Gasteiger partial charge in [-0.25, -0.2) is 0 Å². The van der Waals surface area contributed by atoms with Gasteiger partial charge in [0.05, 0.1) is 18.3 Å². The van der Waals surface area contributed by atoms with Crippen LogP contribution in [0.1, 0.15) is 52.1 Å². The molecule has 166 valence electrons. The summed E-state index contributed by atoms with van der Waals surface area (Å²) in [4.78, 5) is 13.0. The van der Waals surface area contributed by atoms with Gasteiger partial charge < -0.3 is 15.5 Å².